The molecular weight excluding hydrogens is 561 g/mol. The van der Waals surface area contributed by atoms with Gasteiger partial charge in [0, 0.05) is 49.2 Å². The van der Waals surface area contributed by atoms with Gasteiger partial charge in [0.15, 0.2) is 0 Å². The van der Waals surface area contributed by atoms with Crippen molar-refractivity contribution in [3.63, 3.8) is 0 Å². The number of nitrogens with zero attached hydrogens (tertiary/aromatic N) is 3. The number of benzene rings is 1. The fourth-order valence-electron chi connectivity index (χ4n) is 2.74. The summed E-state index contributed by atoms with van der Waals surface area (Å²) in [7, 11) is 0. The third-order valence-electron chi connectivity index (χ3n) is 4.14. The predicted octanol–water partition coefficient (Wildman–Crippen LogP) is 5.42. The van der Waals surface area contributed by atoms with Gasteiger partial charge < -0.3 is 5.11 Å². The summed E-state index contributed by atoms with van der Waals surface area (Å²) in [5.41, 5.74) is 4.58. The molecule has 0 aliphatic rings. The molecule has 3 aromatic rings. The molecule has 0 spiro atoms. The van der Waals surface area contributed by atoms with Crippen LogP contribution in [0.5, 0.6) is 0 Å². The Bertz CT molecular complexity index is 962. The molecular formula is C23H25FIrN3O2-. The van der Waals surface area contributed by atoms with Crippen LogP contribution in [-0.2, 0) is 20.1 Å². The van der Waals surface area contributed by atoms with Gasteiger partial charge in [0.25, 0.3) is 0 Å². The smallest absolute Gasteiger partial charge is 0.354 e. The molecule has 30 heavy (non-hydrogen) atoms. The van der Waals surface area contributed by atoms with E-state index in [9.17, 15) is 9.18 Å². The van der Waals surface area contributed by atoms with Crippen molar-refractivity contribution in [1.82, 2.24) is 15.0 Å². The summed E-state index contributed by atoms with van der Waals surface area (Å²) in [4.78, 5) is 23.2. The number of carboxylic acids is 1. The van der Waals surface area contributed by atoms with Crippen LogP contribution in [0.3, 0.4) is 0 Å². The van der Waals surface area contributed by atoms with Crippen molar-refractivity contribution in [1.29, 1.82) is 0 Å². The SMILES string of the molecule is Cc1nc(-c2[c-]cc(F)cc2)c(C(C)C)nc1C(C)C.O=C(O)c1ccccn1.[Ir]. The Balaban J connectivity index is 0.000000379. The maximum atomic E-state index is 13.0. The van der Waals surface area contributed by atoms with Crippen molar-refractivity contribution in [3.8, 4) is 11.3 Å². The van der Waals surface area contributed by atoms with E-state index in [0.29, 0.717) is 5.92 Å². The number of hydrogen-bond acceptors (Lipinski definition) is 4. The zero-order valence-corrected chi connectivity index (χ0v) is 20.0. The van der Waals surface area contributed by atoms with E-state index in [4.69, 9.17) is 15.1 Å². The predicted molar refractivity (Wildman–Crippen MR) is 110 cm³/mol. The normalized spacial score (nSPS) is 10.3. The van der Waals surface area contributed by atoms with Crippen LogP contribution in [0.4, 0.5) is 4.39 Å². The van der Waals surface area contributed by atoms with Gasteiger partial charge in [-0.25, -0.2) is 9.78 Å². The molecule has 0 saturated heterocycles. The van der Waals surface area contributed by atoms with Gasteiger partial charge in [-0.1, -0.05) is 33.8 Å². The second kappa shape index (κ2) is 11.6. The van der Waals surface area contributed by atoms with Crippen LogP contribution in [-0.4, -0.2) is 26.0 Å². The Hall–Kier alpha value is -2.50. The van der Waals surface area contributed by atoms with Gasteiger partial charge in [0.2, 0.25) is 0 Å². The van der Waals surface area contributed by atoms with Crippen LogP contribution >= 0.6 is 0 Å². The summed E-state index contributed by atoms with van der Waals surface area (Å²) in [5, 5.41) is 8.32. The van der Waals surface area contributed by atoms with Crippen LogP contribution in [0.2, 0.25) is 0 Å². The van der Waals surface area contributed by atoms with Gasteiger partial charge >= 0.3 is 5.97 Å². The van der Waals surface area contributed by atoms with Crippen molar-refractivity contribution in [2.75, 3.05) is 0 Å². The molecule has 1 aromatic carbocycles. The average molecular weight is 587 g/mol. The second-order valence-electron chi connectivity index (χ2n) is 7.18. The first kappa shape index (κ1) is 25.5. The summed E-state index contributed by atoms with van der Waals surface area (Å²) in [6, 6.07) is 12.2. The minimum atomic E-state index is -0.990. The summed E-state index contributed by atoms with van der Waals surface area (Å²) in [5.74, 6) is -0.681. The molecule has 2 aromatic heterocycles. The summed E-state index contributed by atoms with van der Waals surface area (Å²) >= 11 is 0. The van der Waals surface area contributed by atoms with Gasteiger partial charge in [-0.15, -0.1) is 29.8 Å². The van der Waals surface area contributed by atoms with Crippen molar-refractivity contribution in [3.05, 3.63) is 77.3 Å². The molecule has 0 fully saturated rings. The number of carbonyl (C=O) groups is 1. The van der Waals surface area contributed by atoms with Crippen molar-refractivity contribution < 1.29 is 34.4 Å². The van der Waals surface area contributed by atoms with Crippen molar-refractivity contribution >= 4 is 5.97 Å². The van der Waals surface area contributed by atoms with Gasteiger partial charge in [0.05, 0.1) is 5.69 Å². The average Bonchev–Trinajstić information content (AvgIpc) is 2.69. The summed E-state index contributed by atoms with van der Waals surface area (Å²) in [6.07, 6.45) is 1.45. The first-order chi connectivity index (χ1) is 13.7. The van der Waals surface area contributed by atoms with E-state index >= 15 is 0 Å². The summed E-state index contributed by atoms with van der Waals surface area (Å²) < 4.78 is 13.0. The quantitative estimate of drug-likeness (QED) is 0.414. The molecule has 0 atom stereocenters. The Labute approximate surface area is 190 Å². The number of halogens is 1. The summed E-state index contributed by atoms with van der Waals surface area (Å²) in [6.45, 7) is 10.4. The van der Waals surface area contributed by atoms with Crippen molar-refractivity contribution in [2.45, 2.75) is 46.5 Å². The maximum Gasteiger partial charge on any atom is 0.354 e. The Morgan fingerprint density at radius 3 is 2.13 bits per heavy atom. The van der Waals surface area contributed by atoms with E-state index in [1.54, 1.807) is 18.2 Å². The first-order valence-electron chi connectivity index (χ1n) is 9.41. The molecule has 5 nitrogen and oxygen atoms in total. The molecule has 0 saturated carbocycles. The first-order valence-corrected chi connectivity index (χ1v) is 9.41. The van der Waals surface area contributed by atoms with E-state index in [1.165, 1.54) is 24.4 Å². The fourth-order valence-corrected chi connectivity index (χ4v) is 2.74. The number of aryl methyl sites for hydroxylation is 1. The van der Waals surface area contributed by atoms with E-state index in [2.05, 4.69) is 38.7 Å². The van der Waals surface area contributed by atoms with Crippen LogP contribution in [0, 0.1) is 18.8 Å². The molecule has 0 unspecified atom stereocenters. The number of hydrogen-bond donors (Lipinski definition) is 1. The molecule has 7 heteroatoms. The largest absolute Gasteiger partial charge is 0.477 e. The standard InChI is InChI=1S/C17H20FN2.C6H5NO2.Ir/c1-10(2)15-12(5)19-17(16(20-15)11(3)4)13-6-8-14(18)9-7-13;8-6(9)5-3-1-2-4-7-5;/h6,8-11H,1-5H3;1-4H,(H,8,9);/q-1;;. The number of rotatable bonds is 4. The van der Waals surface area contributed by atoms with E-state index < -0.39 is 5.97 Å². The van der Waals surface area contributed by atoms with Crippen LogP contribution in [0.15, 0.2) is 42.6 Å². The van der Waals surface area contributed by atoms with Crippen LogP contribution < -0.4 is 0 Å². The zero-order valence-electron chi connectivity index (χ0n) is 17.6. The molecule has 0 aliphatic carbocycles. The van der Waals surface area contributed by atoms with E-state index in [-0.39, 0.29) is 37.5 Å². The monoisotopic (exact) mass is 587 g/mol. The third-order valence-corrected chi connectivity index (χ3v) is 4.14. The maximum absolute atomic E-state index is 13.0. The fraction of sp³-hybridized carbons (Fsp3) is 0.304. The van der Waals surface area contributed by atoms with Gasteiger partial charge in [0.1, 0.15) is 5.69 Å². The Morgan fingerprint density at radius 2 is 1.70 bits per heavy atom. The minimum Gasteiger partial charge on any atom is -0.477 e. The van der Waals surface area contributed by atoms with Gasteiger partial charge in [-0.2, -0.15) is 0 Å². The third kappa shape index (κ3) is 6.78. The van der Waals surface area contributed by atoms with Crippen LogP contribution in [0.1, 0.15) is 67.1 Å². The molecule has 161 valence electrons. The Morgan fingerprint density at radius 1 is 1.03 bits per heavy atom. The molecule has 3 rings (SSSR count). The number of pyridine rings is 1. The molecule has 0 amide bonds. The zero-order chi connectivity index (χ0) is 21.6. The Kier molecular flexibility index (Phi) is 9.89. The molecule has 1 radical (unpaired) electrons. The molecule has 1 N–H and O–H groups in total. The number of carboxylic acid groups (broad SMARTS) is 1. The van der Waals surface area contributed by atoms with Gasteiger partial charge in [-0.05, 0) is 30.9 Å². The van der Waals surface area contributed by atoms with Crippen LogP contribution in [0.25, 0.3) is 11.3 Å². The van der Waals surface area contributed by atoms with Crippen molar-refractivity contribution in [2.24, 2.45) is 0 Å². The molecule has 0 aliphatic heterocycles. The topological polar surface area (TPSA) is 76.0 Å². The minimum absolute atomic E-state index is 0. The molecule has 0 bridgehead atoms. The molecule has 2 heterocycles. The van der Waals surface area contributed by atoms with E-state index in [0.717, 1.165) is 28.3 Å². The number of aromatic nitrogens is 3. The number of aromatic carboxylic acids is 1. The second-order valence-corrected chi connectivity index (χ2v) is 7.18. The van der Waals surface area contributed by atoms with Gasteiger partial charge in [-0.3, -0.25) is 14.4 Å². The van der Waals surface area contributed by atoms with E-state index in [1.807, 2.05) is 6.92 Å².